The molecule has 8 nitrogen and oxygen atoms in total. The minimum Gasteiger partial charge on any atom is -0.462 e. The number of ether oxygens (including phenoxy) is 1. The highest BCUT2D eigenvalue weighted by Gasteiger charge is 2.17. The molecule has 0 saturated carbocycles. The summed E-state index contributed by atoms with van der Waals surface area (Å²) in [5.41, 5.74) is 0.625. The SMILES string of the molecule is CCOC(=O)c1cccc(NC(=O)c2ccc([N+](=O)[O-])o2)c1. The van der Waals surface area contributed by atoms with Gasteiger partial charge in [0.1, 0.15) is 4.92 Å². The van der Waals surface area contributed by atoms with Crippen LogP contribution in [0.1, 0.15) is 27.8 Å². The van der Waals surface area contributed by atoms with E-state index in [-0.39, 0.29) is 17.9 Å². The van der Waals surface area contributed by atoms with Crippen LogP contribution in [-0.2, 0) is 4.74 Å². The number of nitro groups is 1. The summed E-state index contributed by atoms with van der Waals surface area (Å²) in [7, 11) is 0. The predicted molar refractivity (Wildman–Crippen MR) is 75.7 cm³/mol. The average molecular weight is 304 g/mol. The lowest BCUT2D eigenvalue weighted by Crippen LogP contribution is -2.12. The summed E-state index contributed by atoms with van der Waals surface area (Å²) in [4.78, 5) is 33.3. The molecule has 114 valence electrons. The fourth-order valence-corrected chi connectivity index (χ4v) is 1.68. The Morgan fingerprint density at radius 2 is 2.09 bits per heavy atom. The normalized spacial score (nSPS) is 10.0. The van der Waals surface area contributed by atoms with Gasteiger partial charge in [-0.1, -0.05) is 6.07 Å². The second kappa shape index (κ2) is 6.53. The van der Waals surface area contributed by atoms with E-state index in [1.807, 2.05) is 0 Å². The summed E-state index contributed by atoms with van der Waals surface area (Å²) in [6.45, 7) is 1.93. The second-order valence-corrected chi connectivity index (χ2v) is 4.15. The molecule has 0 aliphatic heterocycles. The first-order valence-electron chi connectivity index (χ1n) is 6.34. The zero-order valence-corrected chi connectivity index (χ0v) is 11.6. The van der Waals surface area contributed by atoms with Crippen molar-refractivity contribution < 1.29 is 23.7 Å². The van der Waals surface area contributed by atoms with E-state index < -0.39 is 22.7 Å². The summed E-state index contributed by atoms with van der Waals surface area (Å²) in [5.74, 6) is -1.89. The quantitative estimate of drug-likeness (QED) is 0.516. The van der Waals surface area contributed by atoms with Gasteiger partial charge < -0.3 is 14.5 Å². The summed E-state index contributed by atoms with van der Waals surface area (Å²) in [6, 6.07) is 8.41. The molecule has 1 amide bonds. The van der Waals surface area contributed by atoms with E-state index in [0.717, 1.165) is 6.07 Å². The van der Waals surface area contributed by atoms with Gasteiger partial charge in [-0.15, -0.1) is 0 Å². The van der Waals surface area contributed by atoms with Gasteiger partial charge in [-0.2, -0.15) is 0 Å². The molecule has 1 heterocycles. The molecule has 0 radical (unpaired) electrons. The van der Waals surface area contributed by atoms with Crippen LogP contribution in [0.2, 0.25) is 0 Å². The fourth-order valence-electron chi connectivity index (χ4n) is 1.68. The molecule has 0 atom stereocenters. The Morgan fingerprint density at radius 1 is 1.32 bits per heavy atom. The Labute approximate surface area is 124 Å². The van der Waals surface area contributed by atoms with E-state index in [0.29, 0.717) is 5.69 Å². The highest BCUT2D eigenvalue weighted by molar-refractivity contribution is 6.03. The van der Waals surface area contributed by atoms with E-state index in [1.54, 1.807) is 25.1 Å². The predicted octanol–water partition coefficient (Wildman–Crippen LogP) is 2.62. The van der Waals surface area contributed by atoms with E-state index in [9.17, 15) is 19.7 Å². The Kier molecular flexibility index (Phi) is 4.52. The zero-order valence-electron chi connectivity index (χ0n) is 11.6. The van der Waals surface area contributed by atoms with Gasteiger partial charge in [0.2, 0.25) is 0 Å². The number of nitrogens with zero attached hydrogens (tertiary/aromatic N) is 1. The van der Waals surface area contributed by atoms with Crippen LogP contribution in [0.15, 0.2) is 40.8 Å². The Morgan fingerprint density at radius 3 is 2.73 bits per heavy atom. The van der Waals surface area contributed by atoms with Crippen molar-refractivity contribution in [2.24, 2.45) is 0 Å². The van der Waals surface area contributed by atoms with Crippen molar-refractivity contribution in [1.29, 1.82) is 0 Å². The number of furan rings is 1. The van der Waals surface area contributed by atoms with Gasteiger partial charge in [-0.3, -0.25) is 14.9 Å². The number of hydrogen-bond acceptors (Lipinski definition) is 6. The molecule has 2 rings (SSSR count). The second-order valence-electron chi connectivity index (χ2n) is 4.15. The first kappa shape index (κ1) is 15.2. The summed E-state index contributed by atoms with van der Waals surface area (Å²) in [5, 5.41) is 13.0. The molecule has 0 aliphatic rings. The molecule has 0 aliphatic carbocycles. The highest BCUT2D eigenvalue weighted by Crippen LogP contribution is 2.18. The molecule has 1 aromatic carbocycles. The van der Waals surface area contributed by atoms with E-state index >= 15 is 0 Å². The lowest BCUT2D eigenvalue weighted by molar-refractivity contribution is -0.402. The minimum absolute atomic E-state index is 0.201. The van der Waals surface area contributed by atoms with Crippen LogP contribution < -0.4 is 5.32 Å². The number of anilines is 1. The van der Waals surface area contributed by atoms with Crippen molar-refractivity contribution in [3.63, 3.8) is 0 Å². The van der Waals surface area contributed by atoms with Crippen LogP contribution in [0.25, 0.3) is 0 Å². The van der Waals surface area contributed by atoms with E-state index in [2.05, 4.69) is 5.32 Å². The van der Waals surface area contributed by atoms with E-state index in [4.69, 9.17) is 9.15 Å². The number of nitrogens with one attached hydrogen (secondary N) is 1. The van der Waals surface area contributed by atoms with Crippen LogP contribution in [0, 0.1) is 10.1 Å². The fraction of sp³-hybridized carbons (Fsp3) is 0.143. The number of amides is 1. The molecule has 0 unspecified atom stereocenters. The first-order chi connectivity index (χ1) is 10.5. The molecule has 2 aromatic rings. The summed E-state index contributed by atoms with van der Waals surface area (Å²) < 4.78 is 9.65. The summed E-state index contributed by atoms with van der Waals surface area (Å²) >= 11 is 0. The van der Waals surface area contributed by atoms with Crippen molar-refractivity contribution in [3.8, 4) is 0 Å². The van der Waals surface area contributed by atoms with Gasteiger partial charge in [0.25, 0.3) is 5.91 Å². The molecule has 0 spiro atoms. The third-order valence-corrected chi connectivity index (χ3v) is 2.63. The molecular weight excluding hydrogens is 292 g/mol. The standard InChI is InChI=1S/C14H12N2O6/c1-2-21-14(18)9-4-3-5-10(8-9)15-13(17)11-6-7-12(22-11)16(19)20/h3-8H,2H2,1H3,(H,15,17). The Bertz CT molecular complexity index is 722. The molecule has 0 saturated heterocycles. The van der Waals surface area contributed by atoms with Gasteiger partial charge in [0.15, 0.2) is 5.76 Å². The van der Waals surface area contributed by atoms with Gasteiger partial charge in [0, 0.05) is 5.69 Å². The van der Waals surface area contributed by atoms with Gasteiger partial charge in [0.05, 0.1) is 18.2 Å². The number of hydrogen-bond donors (Lipinski definition) is 1. The largest absolute Gasteiger partial charge is 0.462 e. The zero-order chi connectivity index (χ0) is 16.1. The third kappa shape index (κ3) is 3.48. The molecule has 1 N–H and O–H groups in total. The number of benzene rings is 1. The molecule has 22 heavy (non-hydrogen) atoms. The van der Waals surface area contributed by atoms with Crippen molar-refractivity contribution in [2.75, 3.05) is 11.9 Å². The van der Waals surface area contributed by atoms with Crippen molar-refractivity contribution in [3.05, 3.63) is 57.8 Å². The summed E-state index contributed by atoms with van der Waals surface area (Å²) in [6.07, 6.45) is 0. The first-order valence-corrected chi connectivity index (χ1v) is 6.34. The van der Waals surface area contributed by atoms with Crippen molar-refractivity contribution in [1.82, 2.24) is 0 Å². The average Bonchev–Trinajstić information content (AvgIpc) is 2.98. The van der Waals surface area contributed by atoms with Crippen LogP contribution in [-0.4, -0.2) is 23.4 Å². The lowest BCUT2D eigenvalue weighted by atomic mass is 10.2. The number of esters is 1. The van der Waals surface area contributed by atoms with Crippen LogP contribution in [0.3, 0.4) is 0 Å². The minimum atomic E-state index is -0.738. The smallest absolute Gasteiger partial charge is 0.433 e. The lowest BCUT2D eigenvalue weighted by Gasteiger charge is -2.05. The van der Waals surface area contributed by atoms with E-state index in [1.165, 1.54) is 12.1 Å². The van der Waals surface area contributed by atoms with Gasteiger partial charge in [-0.25, -0.2) is 4.79 Å². The number of carbonyl (C=O) groups is 2. The molecule has 8 heteroatoms. The Hall–Kier alpha value is -3.16. The molecule has 0 fully saturated rings. The number of carbonyl (C=O) groups excluding carboxylic acids is 2. The van der Waals surface area contributed by atoms with Crippen molar-refractivity contribution in [2.45, 2.75) is 6.92 Å². The maximum atomic E-state index is 11.9. The topological polar surface area (TPSA) is 112 Å². The maximum absolute atomic E-state index is 11.9. The highest BCUT2D eigenvalue weighted by atomic mass is 16.6. The molecular formula is C14H12N2O6. The van der Waals surface area contributed by atoms with Gasteiger partial charge in [-0.05, 0) is 31.2 Å². The van der Waals surface area contributed by atoms with Crippen LogP contribution in [0.4, 0.5) is 11.6 Å². The number of rotatable bonds is 5. The maximum Gasteiger partial charge on any atom is 0.433 e. The Balaban J connectivity index is 2.12. The molecule has 1 aromatic heterocycles. The van der Waals surface area contributed by atoms with Crippen LogP contribution in [0.5, 0.6) is 0 Å². The molecule has 0 bridgehead atoms. The monoisotopic (exact) mass is 304 g/mol. The third-order valence-electron chi connectivity index (χ3n) is 2.63. The van der Waals surface area contributed by atoms with Crippen molar-refractivity contribution >= 4 is 23.4 Å². The van der Waals surface area contributed by atoms with Gasteiger partial charge >= 0.3 is 11.9 Å². The van der Waals surface area contributed by atoms with Crippen LogP contribution >= 0.6 is 0 Å².